The predicted octanol–water partition coefficient (Wildman–Crippen LogP) is 2.35. The molecule has 10 heteroatoms. The van der Waals surface area contributed by atoms with Crippen molar-refractivity contribution in [1.82, 2.24) is 19.0 Å². The number of carbonyl (C=O) groups excluding carboxylic acids is 1. The van der Waals surface area contributed by atoms with Gasteiger partial charge in [0.05, 0.1) is 18.6 Å². The van der Waals surface area contributed by atoms with Crippen LogP contribution in [-0.4, -0.2) is 120 Å². The Balaban J connectivity index is 1.46. The lowest BCUT2D eigenvalue weighted by Gasteiger charge is -2.39. The van der Waals surface area contributed by atoms with E-state index in [9.17, 15) is 13.2 Å². The average molecular weight is 539 g/mol. The topological polar surface area (TPSA) is 82.6 Å². The molecular formula is C27H46N4O5S. The summed E-state index contributed by atoms with van der Waals surface area (Å²) in [6.45, 7) is 6.04. The van der Waals surface area contributed by atoms with Crippen LogP contribution in [0, 0.1) is 13.8 Å². The number of amides is 1. The van der Waals surface area contributed by atoms with E-state index in [1.165, 1.54) is 24.2 Å². The van der Waals surface area contributed by atoms with Gasteiger partial charge in [0, 0.05) is 51.9 Å². The average Bonchev–Trinajstić information content (AvgIpc) is 3.36. The van der Waals surface area contributed by atoms with E-state index in [1.807, 2.05) is 11.9 Å². The van der Waals surface area contributed by atoms with Crippen LogP contribution in [0.1, 0.15) is 43.2 Å². The minimum absolute atomic E-state index is 0.0431. The fourth-order valence-electron chi connectivity index (χ4n) is 5.71. The van der Waals surface area contributed by atoms with Gasteiger partial charge < -0.3 is 19.3 Å². The molecule has 1 amide bonds. The number of ether oxygens (including phenoxy) is 2. The van der Waals surface area contributed by atoms with Crippen LogP contribution < -0.4 is 4.74 Å². The largest absolute Gasteiger partial charge is 0.497 e. The summed E-state index contributed by atoms with van der Waals surface area (Å²) in [7, 11) is 5.59. The highest BCUT2D eigenvalue weighted by molar-refractivity contribution is 7.89. The van der Waals surface area contributed by atoms with Crippen LogP contribution >= 0.6 is 0 Å². The molecule has 210 valence electrons. The van der Waals surface area contributed by atoms with Gasteiger partial charge in [0.15, 0.2) is 0 Å². The lowest BCUT2D eigenvalue weighted by Crippen LogP contribution is -2.47. The van der Waals surface area contributed by atoms with Crippen LogP contribution in [-0.2, 0) is 19.6 Å². The van der Waals surface area contributed by atoms with E-state index in [1.54, 1.807) is 33.1 Å². The Labute approximate surface area is 223 Å². The van der Waals surface area contributed by atoms with Gasteiger partial charge in [0.25, 0.3) is 0 Å². The van der Waals surface area contributed by atoms with Gasteiger partial charge in [-0.25, -0.2) is 8.42 Å². The fourth-order valence-corrected chi connectivity index (χ4v) is 7.27. The van der Waals surface area contributed by atoms with E-state index in [0.717, 1.165) is 32.4 Å². The van der Waals surface area contributed by atoms with Gasteiger partial charge in [-0.15, -0.1) is 0 Å². The number of methoxy groups -OCH3 is 1. The summed E-state index contributed by atoms with van der Waals surface area (Å²) in [5, 5.41) is 0. The maximum Gasteiger partial charge on any atom is 0.248 e. The monoisotopic (exact) mass is 538 g/mol. The standard InChI is InChI=1S/C27H46N4O5S/c1-20-15-25(35-7)16-21(2)27(20)37(33,34)29(5)13-14-36-19-26(32)30(6)22-9-8-10-23(17-22)31-12-11-24(18-31)28(3)4/h15-16,22-24H,8-14,17-19H2,1-7H3/t22-,23-,24-/m0/s1. The van der Waals surface area contributed by atoms with Crippen LogP contribution in [0.4, 0.5) is 0 Å². The predicted molar refractivity (Wildman–Crippen MR) is 146 cm³/mol. The fraction of sp³-hybridized carbons (Fsp3) is 0.741. The van der Waals surface area contributed by atoms with E-state index in [4.69, 9.17) is 9.47 Å². The van der Waals surface area contributed by atoms with Crippen LogP contribution in [0.15, 0.2) is 17.0 Å². The first-order valence-electron chi connectivity index (χ1n) is 13.3. The van der Waals surface area contributed by atoms with E-state index in [-0.39, 0.29) is 36.6 Å². The molecule has 0 radical (unpaired) electrons. The number of likely N-dealkylation sites (tertiary alicyclic amines) is 1. The molecule has 1 aromatic rings. The van der Waals surface area contributed by atoms with Gasteiger partial charge in [-0.1, -0.05) is 0 Å². The Kier molecular flexibility index (Phi) is 10.4. The summed E-state index contributed by atoms with van der Waals surface area (Å²) < 4.78 is 38.5. The summed E-state index contributed by atoms with van der Waals surface area (Å²) in [5.41, 5.74) is 1.27. The molecule has 1 heterocycles. The normalized spacial score (nSPS) is 23.1. The Morgan fingerprint density at radius 3 is 2.32 bits per heavy atom. The van der Waals surface area contributed by atoms with E-state index < -0.39 is 10.0 Å². The Bertz CT molecular complexity index is 1010. The van der Waals surface area contributed by atoms with Crippen LogP contribution in [0.5, 0.6) is 5.75 Å². The maximum atomic E-state index is 13.2. The molecule has 0 spiro atoms. The molecular weight excluding hydrogens is 492 g/mol. The minimum Gasteiger partial charge on any atom is -0.497 e. The molecule has 1 aromatic carbocycles. The zero-order chi connectivity index (χ0) is 27.3. The van der Waals surface area contributed by atoms with Gasteiger partial charge in [0.1, 0.15) is 12.4 Å². The highest BCUT2D eigenvalue weighted by Crippen LogP contribution is 2.30. The third-order valence-corrected chi connectivity index (χ3v) is 10.3. The second-order valence-electron chi connectivity index (χ2n) is 10.8. The lowest BCUT2D eigenvalue weighted by atomic mass is 9.89. The maximum absolute atomic E-state index is 13.2. The number of hydrogen-bond donors (Lipinski definition) is 0. The first-order valence-corrected chi connectivity index (χ1v) is 14.7. The molecule has 9 nitrogen and oxygen atoms in total. The third-order valence-electron chi connectivity index (χ3n) is 8.12. The Morgan fingerprint density at radius 2 is 1.73 bits per heavy atom. The van der Waals surface area contributed by atoms with Crippen molar-refractivity contribution in [3.05, 3.63) is 23.3 Å². The summed E-state index contributed by atoms with van der Waals surface area (Å²) in [6, 6.07) is 4.81. The summed E-state index contributed by atoms with van der Waals surface area (Å²) in [6.07, 6.45) is 5.56. The summed E-state index contributed by atoms with van der Waals surface area (Å²) in [5.74, 6) is 0.579. The number of likely N-dealkylation sites (N-methyl/N-ethyl adjacent to an activating group) is 3. The molecule has 2 aliphatic rings. The zero-order valence-electron chi connectivity index (χ0n) is 23.7. The van der Waals surface area contributed by atoms with Crippen molar-refractivity contribution in [3.8, 4) is 5.75 Å². The minimum atomic E-state index is -3.69. The van der Waals surface area contributed by atoms with Gasteiger partial charge in [-0.2, -0.15) is 4.31 Å². The van der Waals surface area contributed by atoms with Crippen molar-refractivity contribution in [2.24, 2.45) is 0 Å². The third kappa shape index (κ3) is 7.23. The number of nitrogens with zero attached hydrogens (tertiary/aromatic N) is 4. The number of hydrogen-bond acceptors (Lipinski definition) is 7. The molecule has 37 heavy (non-hydrogen) atoms. The molecule has 0 N–H and O–H groups in total. The molecule has 1 saturated carbocycles. The number of carbonyl (C=O) groups is 1. The molecule has 0 bridgehead atoms. The lowest BCUT2D eigenvalue weighted by molar-refractivity contribution is -0.137. The second kappa shape index (κ2) is 12.9. The van der Waals surface area contributed by atoms with E-state index >= 15 is 0 Å². The van der Waals surface area contributed by atoms with Gasteiger partial charge in [-0.3, -0.25) is 9.69 Å². The number of aryl methyl sites for hydroxylation is 2. The Morgan fingerprint density at radius 1 is 1.05 bits per heavy atom. The van der Waals surface area contributed by atoms with Gasteiger partial charge in [-0.05, 0) is 83.3 Å². The van der Waals surface area contributed by atoms with Gasteiger partial charge in [0.2, 0.25) is 15.9 Å². The van der Waals surface area contributed by atoms with Crippen molar-refractivity contribution in [2.45, 2.75) is 69.0 Å². The van der Waals surface area contributed by atoms with Crippen molar-refractivity contribution in [1.29, 1.82) is 0 Å². The van der Waals surface area contributed by atoms with Crippen molar-refractivity contribution in [3.63, 3.8) is 0 Å². The molecule has 0 unspecified atom stereocenters. The Hall–Kier alpha value is -1.72. The van der Waals surface area contributed by atoms with Crippen LogP contribution in [0.25, 0.3) is 0 Å². The number of sulfonamides is 1. The summed E-state index contributed by atoms with van der Waals surface area (Å²) in [4.78, 5) is 19.9. The quantitative estimate of drug-likeness (QED) is 0.400. The van der Waals surface area contributed by atoms with Crippen LogP contribution in [0.3, 0.4) is 0 Å². The second-order valence-corrected chi connectivity index (χ2v) is 12.8. The van der Waals surface area contributed by atoms with Crippen molar-refractivity contribution >= 4 is 15.9 Å². The summed E-state index contributed by atoms with van der Waals surface area (Å²) >= 11 is 0. The van der Waals surface area contributed by atoms with E-state index in [0.29, 0.717) is 29.0 Å². The molecule has 0 aromatic heterocycles. The van der Waals surface area contributed by atoms with Gasteiger partial charge >= 0.3 is 0 Å². The van der Waals surface area contributed by atoms with Crippen molar-refractivity contribution in [2.75, 3.05) is 68.1 Å². The molecule has 1 saturated heterocycles. The number of rotatable bonds is 11. The van der Waals surface area contributed by atoms with E-state index in [2.05, 4.69) is 23.9 Å². The smallest absolute Gasteiger partial charge is 0.248 e. The molecule has 3 atom stereocenters. The first-order chi connectivity index (χ1) is 17.4. The molecule has 1 aliphatic carbocycles. The molecule has 2 fully saturated rings. The first kappa shape index (κ1) is 29.8. The molecule has 3 rings (SSSR count). The highest BCUT2D eigenvalue weighted by atomic mass is 32.2. The number of benzene rings is 1. The molecule has 1 aliphatic heterocycles. The van der Waals surface area contributed by atoms with Crippen LogP contribution in [0.2, 0.25) is 0 Å². The zero-order valence-corrected chi connectivity index (χ0v) is 24.5. The SMILES string of the molecule is COc1cc(C)c(S(=O)(=O)N(C)CCOCC(=O)N(C)[C@H]2CCC[C@H](N3CC[C@H](N(C)C)C3)C2)c(C)c1. The highest BCUT2D eigenvalue weighted by Gasteiger charge is 2.34. The van der Waals surface area contributed by atoms with Crippen molar-refractivity contribution < 1.29 is 22.7 Å².